The average molecular weight is 242 g/mol. The highest BCUT2D eigenvalue weighted by molar-refractivity contribution is 5.76. The van der Waals surface area contributed by atoms with Crippen LogP contribution in [0.15, 0.2) is 0 Å². The summed E-state index contributed by atoms with van der Waals surface area (Å²) in [5.74, 6) is 0.745. The number of hydrogen-bond acceptors (Lipinski definition) is 4. The highest BCUT2D eigenvalue weighted by atomic mass is 16.5. The summed E-state index contributed by atoms with van der Waals surface area (Å²) in [4.78, 5) is 14.0. The molecule has 0 bridgehead atoms. The molecule has 0 aromatic heterocycles. The van der Waals surface area contributed by atoms with Crippen molar-refractivity contribution in [2.45, 2.75) is 39.2 Å². The van der Waals surface area contributed by atoms with Crippen molar-refractivity contribution in [3.05, 3.63) is 0 Å². The first-order chi connectivity index (χ1) is 8.21. The molecular formula is C13H26N2O2. The number of carbonyl (C=O) groups is 1. The zero-order chi connectivity index (χ0) is 12.7. The van der Waals surface area contributed by atoms with Crippen LogP contribution in [0.25, 0.3) is 0 Å². The maximum Gasteiger partial charge on any atom is 0.324 e. The Kier molecular flexibility index (Phi) is 6.52. The van der Waals surface area contributed by atoms with Gasteiger partial charge in [-0.15, -0.1) is 0 Å². The van der Waals surface area contributed by atoms with Gasteiger partial charge in [-0.3, -0.25) is 4.79 Å². The Morgan fingerprint density at radius 2 is 2.06 bits per heavy atom. The van der Waals surface area contributed by atoms with Crippen LogP contribution in [0.1, 0.15) is 33.1 Å². The number of nitrogens with zero attached hydrogens (tertiary/aromatic N) is 1. The Morgan fingerprint density at radius 3 is 2.53 bits per heavy atom. The lowest BCUT2D eigenvalue weighted by Gasteiger charge is -2.33. The van der Waals surface area contributed by atoms with E-state index in [1.165, 1.54) is 19.3 Å². The normalized spacial score (nSPS) is 20.2. The summed E-state index contributed by atoms with van der Waals surface area (Å²) >= 11 is 0. The van der Waals surface area contributed by atoms with Crippen LogP contribution < -0.4 is 5.32 Å². The molecule has 0 amide bonds. The Hall–Kier alpha value is -0.610. The Balaban J connectivity index is 2.34. The minimum absolute atomic E-state index is 0.132. The molecule has 100 valence electrons. The number of likely N-dealkylation sites (tertiary alicyclic amines) is 1. The molecular weight excluding hydrogens is 216 g/mol. The van der Waals surface area contributed by atoms with E-state index < -0.39 is 0 Å². The van der Waals surface area contributed by atoms with Gasteiger partial charge in [0.1, 0.15) is 6.04 Å². The Bertz CT molecular complexity index is 225. The molecule has 0 saturated carbocycles. The van der Waals surface area contributed by atoms with Gasteiger partial charge in [0.15, 0.2) is 0 Å². The molecule has 0 spiro atoms. The molecule has 1 N–H and O–H groups in total. The van der Waals surface area contributed by atoms with E-state index in [0.717, 1.165) is 25.6 Å². The largest absolute Gasteiger partial charge is 0.465 e. The molecule has 1 aliphatic heterocycles. The van der Waals surface area contributed by atoms with Gasteiger partial charge in [0.05, 0.1) is 6.61 Å². The van der Waals surface area contributed by atoms with Gasteiger partial charge >= 0.3 is 5.97 Å². The number of likely N-dealkylation sites (N-methyl/N-ethyl adjacent to an activating group) is 1. The van der Waals surface area contributed by atoms with Gasteiger partial charge in [0, 0.05) is 6.54 Å². The predicted octanol–water partition coefficient (Wildman–Crippen LogP) is 1.26. The number of carbonyl (C=O) groups excluding carboxylic acids is 1. The van der Waals surface area contributed by atoms with E-state index in [9.17, 15) is 4.79 Å². The SMILES string of the molecule is CCOC(=O)C(CN1CCC(CC)CC1)NC. The first-order valence-electron chi connectivity index (χ1n) is 6.77. The zero-order valence-corrected chi connectivity index (χ0v) is 11.4. The van der Waals surface area contributed by atoms with Crippen LogP contribution in [0.3, 0.4) is 0 Å². The topological polar surface area (TPSA) is 41.6 Å². The molecule has 0 radical (unpaired) electrons. The number of esters is 1. The average Bonchev–Trinajstić information content (AvgIpc) is 2.37. The molecule has 0 aliphatic carbocycles. The molecule has 4 nitrogen and oxygen atoms in total. The van der Waals surface area contributed by atoms with Crippen molar-refractivity contribution in [3.63, 3.8) is 0 Å². The van der Waals surface area contributed by atoms with Crippen LogP contribution in [-0.4, -0.2) is 50.2 Å². The summed E-state index contributed by atoms with van der Waals surface area (Å²) in [6.45, 7) is 7.54. The Labute approximate surface area is 105 Å². The lowest BCUT2D eigenvalue weighted by atomic mass is 9.94. The molecule has 17 heavy (non-hydrogen) atoms. The van der Waals surface area contributed by atoms with Crippen LogP contribution in [-0.2, 0) is 9.53 Å². The van der Waals surface area contributed by atoms with Crippen molar-refractivity contribution in [3.8, 4) is 0 Å². The molecule has 1 saturated heterocycles. The maximum atomic E-state index is 11.7. The fourth-order valence-electron chi connectivity index (χ4n) is 2.36. The van der Waals surface area contributed by atoms with E-state index in [-0.39, 0.29) is 12.0 Å². The van der Waals surface area contributed by atoms with Gasteiger partial charge in [0.25, 0.3) is 0 Å². The summed E-state index contributed by atoms with van der Waals surface area (Å²) in [6.07, 6.45) is 3.80. The lowest BCUT2D eigenvalue weighted by molar-refractivity contribution is -0.146. The second kappa shape index (κ2) is 7.67. The minimum Gasteiger partial charge on any atom is -0.465 e. The summed E-state index contributed by atoms with van der Waals surface area (Å²) < 4.78 is 5.05. The standard InChI is InChI=1S/C13H26N2O2/c1-4-11-6-8-15(9-7-11)10-12(14-3)13(16)17-5-2/h11-12,14H,4-10H2,1-3H3. The summed E-state index contributed by atoms with van der Waals surface area (Å²) in [5, 5.41) is 3.04. The van der Waals surface area contributed by atoms with E-state index in [1.54, 1.807) is 0 Å². The summed E-state index contributed by atoms with van der Waals surface area (Å²) in [5.41, 5.74) is 0. The maximum absolute atomic E-state index is 11.7. The van der Waals surface area contributed by atoms with E-state index in [1.807, 2.05) is 14.0 Å². The monoisotopic (exact) mass is 242 g/mol. The van der Waals surface area contributed by atoms with Crippen LogP contribution in [0, 0.1) is 5.92 Å². The van der Waals surface area contributed by atoms with Gasteiger partial charge < -0.3 is 15.0 Å². The number of piperidine rings is 1. The summed E-state index contributed by atoms with van der Waals surface area (Å²) in [7, 11) is 1.82. The molecule has 1 atom stereocenters. The number of nitrogens with one attached hydrogen (secondary N) is 1. The molecule has 4 heteroatoms. The van der Waals surface area contributed by atoms with Crippen LogP contribution in [0.2, 0.25) is 0 Å². The van der Waals surface area contributed by atoms with Gasteiger partial charge in [-0.05, 0) is 45.8 Å². The smallest absolute Gasteiger partial charge is 0.324 e. The van der Waals surface area contributed by atoms with Crippen molar-refractivity contribution in [2.75, 3.05) is 33.3 Å². The summed E-state index contributed by atoms with van der Waals surface area (Å²) in [6, 6.07) is -0.187. The number of ether oxygens (including phenoxy) is 1. The Morgan fingerprint density at radius 1 is 1.41 bits per heavy atom. The van der Waals surface area contributed by atoms with Gasteiger partial charge in [0.2, 0.25) is 0 Å². The van der Waals surface area contributed by atoms with Crippen LogP contribution in [0.4, 0.5) is 0 Å². The highest BCUT2D eigenvalue weighted by Gasteiger charge is 2.24. The lowest BCUT2D eigenvalue weighted by Crippen LogP contribution is -2.47. The third kappa shape index (κ3) is 4.64. The van der Waals surface area contributed by atoms with Gasteiger partial charge in [-0.2, -0.15) is 0 Å². The molecule has 1 fully saturated rings. The highest BCUT2D eigenvalue weighted by Crippen LogP contribution is 2.19. The van der Waals surface area contributed by atoms with E-state index >= 15 is 0 Å². The first-order valence-corrected chi connectivity index (χ1v) is 6.77. The van der Waals surface area contributed by atoms with E-state index in [4.69, 9.17) is 4.74 Å². The van der Waals surface area contributed by atoms with Crippen molar-refractivity contribution in [2.24, 2.45) is 5.92 Å². The predicted molar refractivity (Wildman–Crippen MR) is 68.9 cm³/mol. The van der Waals surface area contributed by atoms with Crippen molar-refractivity contribution >= 4 is 5.97 Å². The minimum atomic E-state index is -0.187. The van der Waals surface area contributed by atoms with Crippen LogP contribution in [0.5, 0.6) is 0 Å². The van der Waals surface area contributed by atoms with Crippen LogP contribution >= 0.6 is 0 Å². The molecule has 0 aromatic rings. The first kappa shape index (κ1) is 14.5. The quantitative estimate of drug-likeness (QED) is 0.712. The molecule has 1 heterocycles. The van der Waals surface area contributed by atoms with Crippen molar-refractivity contribution in [1.82, 2.24) is 10.2 Å². The van der Waals surface area contributed by atoms with Crippen molar-refractivity contribution in [1.29, 1.82) is 0 Å². The number of hydrogen-bond donors (Lipinski definition) is 1. The fourth-order valence-corrected chi connectivity index (χ4v) is 2.36. The zero-order valence-electron chi connectivity index (χ0n) is 11.4. The molecule has 1 rings (SSSR count). The second-order valence-corrected chi connectivity index (χ2v) is 4.75. The van der Waals surface area contributed by atoms with E-state index in [2.05, 4.69) is 17.1 Å². The third-order valence-electron chi connectivity index (χ3n) is 3.64. The fraction of sp³-hybridized carbons (Fsp3) is 0.923. The molecule has 1 unspecified atom stereocenters. The van der Waals surface area contributed by atoms with Gasteiger partial charge in [-0.1, -0.05) is 13.3 Å². The second-order valence-electron chi connectivity index (χ2n) is 4.75. The number of rotatable bonds is 6. The van der Waals surface area contributed by atoms with E-state index in [0.29, 0.717) is 6.61 Å². The molecule has 0 aromatic carbocycles. The molecule has 1 aliphatic rings. The van der Waals surface area contributed by atoms with Crippen molar-refractivity contribution < 1.29 is 9.53 Å². The third-order valence-corrected chi connectivity index (χ3v) is 3.64. The van der Waals surface area contributed by atoms with Gasteiger partial charge in [-0.25, -0.2) is 0 Å².